The second-order valence-electron chi connectivity index (χ2n) is 4.93. The summed E-state index contributed by atoms with van der Waals surface area (Å²) in [6, 6.07) is 0.267. The van der Waals surface area contributed by atoms with Gasteiger partial charge in [0.05, 0.1) is 16.2 Å². The number of likely N-dealkylation sites (tertiary alicyclic amines) is 1. The van der Waals surface area contributed by atoms with Crippen LogP contribution in [0.2, 0.25) is 0 Å². The number of carboxylic acid groups (broad SMARTS) is 1. The molecule has 0 saturated carbocycles. The van der Waals surface area contributed by atoms with Crippen LogP contribution in [0.1, 0.15) is 35.3 Å². The Labute approximate surface area is 120 Å². The molecule has 1 aromatic heterocycles. The molecule has 112 valence electrons. The van der Waals surface area contributed by atoms with Crippen LogP contribution in [0.5, 0.6) is 0 Å². The summed E-state index contributed by atoms with van der Waals surface area (Å²) in [6.07, 6.45) is 2.93. The molecular formula is C13H15N3O5. The van der Waals surface area contributed by atoms with E-state index in [0.29, 0.717) is 18.7 Å². The van der Waals surface area contributed by atoms with Crippen molar-refractivity contribution in [3.05, 3.63) is 33.6 Å². The van der Waals surface area contributed by atoms with Gasteiger partial charge in [0.1, 0.15) is 12.2 Å². The maximum absolute atomic E-state index is 12.5. The lowest BCUT2D eigenvalue weighted by atomic mass is 10.0. The molecule has 2 rings (SSSR count). The number of carbonyl (C=O) groups is 2. The number of carbonyl (C=O) groups excluding carboxylic acids is 1. The third-order valence-electron chi connectivity index (χ3n) is 3.56. The standard InChI is InChI=1S/C13H15N3O5/c1-8-10(6-9(7-14-8)16(20)21)12(17)15-5-3-2-4-11(15)13(18)19/h6-7,11H,2-5H2,1H3,(H,18,19)/t11-/m1/s1. The van der Waals surface area contributed by atoms with Crippen molar-refractivity contribution in [1.29, 1.82) is 0 Å². The summed E-state index contributed by atoms with van der Waals surface area (Å²) in [4.78, 5) is 39.0. The van der Waals surface area contributed by atoms with E-state index in [2.05, 4.69) is 4.98 Å². The normalized spacial score (nSPS) is 18.3. The van der Waals surface area contributed by atoms with Crippen LogP contribution in [0.3, 0.4) is 0 Å². The Bertz CT molecular complexity index is 601. The second kappa shape index (κ2) is 5.86. The summed E-state index contributed by atoms with van der Waals surface area (Å²) in [5, 5.41) is 20.0. The van der Waals surface area contributed by atoms with E-state index in [4.69, 9.17) is 0 Å². The Morgan fingerprint density at radius 3 is 2.81 bits per heavy atom. The highest BCUT2D eigenvalue weighted by Crippen LogP contribution is 2.22. The largest absolute Gasteiger partial charge is 0.480 e. The predicted molar refractivity (Wildman–Crippen MR) is 71.9 cm³/mol. The van der Waals surface area contributed by atoms with Crippen LogP contribution in [0.25, 0.3) is 0 Å². The number of nitro groups is 1. The molecule has 0 spiro atoms. The number of piperidine rings is 1. The molecule has 2 heterocycles. The fourth-order valence-corrected chi connectivity index (χ4v) is 2.42. The highest BCUT2D eigenvalue weighted by Gasteiger charge is 2.33. The van der Waals surface area contributed by atoms with Gasteiger partial charge in [-0.25, -0.2) is 4.79 Å². The van der Waals surface area contributed by atoms with Gasteiger partial charge in [-0.15, -0.1) is 0 Å². The molecule has 1 aliphatic heterocycles. The number of aryl methyl sites for hydroxylation is 1. The number of pyridine rings is 1. The van der Waals surface area contributed by atoms with E-state index in [1.807, 2.05) is 0 Å². The number of nitrogens with zero attached hydrogens (tertiary/aromatic N) is 3. The molecule has 0 aromatic carbocycles. The van der Waals surface area contributed by atoms with E-state index in [9.17, 15) is 24.8 Å². The Kier molecular flexibility index (Phi) is 4.15. The Balaban J connectivity index is 2.36. The molecule has 1 saturated heterocycles. The molecule has 8 nitrogen and oxygen atoms in total. The van der Waals surface area contributed by atoms with Crippen LogP contribution in [0.4, 0.5) is 5.69 Å². The maximum Gasteiger partial charge on any atom is 0.326 e. The summed E-state index contributed by atoms with van der Waals surface area (Å²) in [6.45, 7) is 1.90. The van der Waals surface area contributed by atoms with E-state index < -0.39 is 22.8 Å². The lowest BCUT2D eigenvalue weighted by molar-refractivity contribution is -0.385. The van der Waals surface area contributed by atoms with Crippen molar-refractivity contribution < 1.29 is 19.6 Å². The minimum atomic E-state index is -1.06. The number of carboxylic acids is 1. The molecular weight excluding hydrogens is 278 g/mol. The Morgan fingerprint density at radius 2 is 2.19 bits per heavy atom. The van der Waals surface area contributed by atoms with Crippen molar-refractivity contribution in [3.63, 3.8) is 0 Å². The van der Waals surface area contributed by atoms with Crippen molar-refractivity contribution in [3.8, 4) is 0 Å². The Morgan fingerprint density at radius 1 is 1.48 bits per heavy atom. The van der Waals surface area contributed by atoms with Crippen LogP contribution >= 0.6 is 0 Å². The molecule has 1 atom stereocenters. The average molecular weight is 293 g/mol. The van der Waals surface area contributed by atoms with Crippen LogP contribution in [-0.2, 0) is 4.79 Å². The summed E-state index contributed by atoms with van der Waals surface area (Å²) >= 11 is 0. The molecule has 1 aromatic rings. The summed E-state index contributed by atoms with van der Waals surface area (Å²) < 4.78 is 0. The van der Waals surface area contributed by atoms with Crippen molar-refractivity contribution >= 4 is 17.6 Å². The first-order valence-corrected chi connectivity index (χ1v) is 6.56. The number of amides is 1. The minimum absolute atomic E-state index is 0.0809. The van der Waals surface area contributed by atoms with Gasteiger partial charge in [0.15, 0.2) is 0 Å². The first-order valence-electron chi connectivity index (χ1n) is 6.56. The quantitative estimate of drug-likeness (QED) is 0.665. The fraction of sp³-hybridized carbons (Fsp3) is 0.462. The van der Waals surface area contributed by atoms with E-state index in [0.717, 1.165) is 25.1 Å². The van der Waals surface area contributed by atoms with Gasteiger partial charge in [-0.2, -0.15) is 0 Å². The highest BCUT2D eigenvalue weighted by atomic mass is 16.6. The number of aromatic nitrogens is 1. The number of hydrogen-bond donors (Lipinski definition) is 1. The van der Waals surface area contributed by atoms with Crippen molar-refractivity contribution in [2.45, 2.75) is 32.2 Å². The molecule has 21 heavy (non-hydrogen) atoms. The molecule has 1 amide bonds. The monoisotopic (exact) mass is 293 g/mol. The van der Waals surface area contributed by atoms with E-state index in [1.165, 1.54) is 4.90 Å². The van der Waals surface area contributed by atoms with Gasteiger partial charge >= 0.3 is 5.97 Å². The van der Waals surface area contributed by atoms with E-state index >= 15 is 0 Å². The molecule has 0 bridgehead atoms. The van der Waals surface area contributed by atoms with Crippen molar-refractivity contribution in [2.24, 2.45) is 0 Å². The van der Waals surface area contributed by atoms with Gasteiger partial charge in [0, 0.05) is 12.6 Å². The molecule has 1 fully saturated rings. The molecule has 0 aliphatic carbocycles. The van der Waals surface area contributed by atoms with E-state index in [-0.39, 0.29) is 11.3 Å². The SMILES string of the molecule is Cc1ncc([N+](=O)[O-])cc1C(=O)N1CCCC[C@@H]1C(=O)O. The summed E-state index contributed by atoms with van der Waals surface area (Å²) in [7, 11) is 0. The lowest BCUT2D eigenvalue weighted by Gasteiger charge is -2.33. The lowest BCUT2D eigenvalue weighted by Crippen LogP contribution is -2.48. The minimum Gasteiger partial charge on any atom is -0.480 e. The van der Waals surface area contributed by atoms with Crippen molar-refractivity contribution in [1.82, 2.24) is 9.88 Å². The third-order valence-corrected chi connectivity index (χ3v) is 3.56. The predicted octanol–water partition coefficient (Wildman–Crippen LogP) is 1.38. The van der Waals surface area contributed by atoms with Crippen LogP contribution in [0, 0.1) is 17.0 Å². The van der Waals surface area contributed by atoms with Gasteiger partial charge in [0.2, 0.25) is 0 Å². The third kappa shape index (κ3) is 2.99. The van der Waals surface area contributed by atoms with Gasteiger partial charge in [-0.05, 0) is 26.2 Å². The molecule has 8 heteroatoms. The molecule has 1 aliphatic rings. The molecule has 1 N–H and O–H groups in total. The molecule has 0 unspecified atom stereocenters. The van der Waals surface area contributed by atoms with Crippen LogP contribution in [-0.4, -0.2) is 44.4 Å². The maximum atomic E-state index is 12.5. The first-order chi connectivity index (χ1) is 9.91. The van der Waals surface area contributed by atoms with Gasteiger partial charge < -0.3 is 10.0 Å². The zero-order valence-corrected chi connectivity index (χ0v) is 11.5. The van der Waals surface area contributed by atoms with Gasteiger partial charge in [-0.3, -0.25) is 19.9 Å². The van der Waals surface area contributed by atoms with Crippen LogP contribution in [0.15, 0.2) is 12.3 Å². The van der Waals surface area contributed by atoms with E-state index in [1.54, 1.807) is 6.92 Å². The second-order valence-corrected chi connectivity index (χ2v) is 4.93. The van der Waals surface area contributed by atoms with Crippen molar-refractivity contribution in [2.75, 3.05) is 6.54 Å². The number of aliphatic carboxylic acids is 1. The Hall–Kier alpha value is -2.51. The van der Waals surface area contributed by atoms with Gasteiger partial charge in [0.25, 0.3) is 11.6 Å². The van der Waals surface area contributed by atoms with Crippen LogP contribution < -0.4 is 0 Å². The van der Waals surface area contributed by atoms with Gasteiger partial charge in [-0.1, -0.05) is 0 Å². The number of rotatable bonds is 3. The molecule has 0 radical (unpaired) electrons. The number of hydrogen-bond acceptors (Lipinski definition) is 5. The summed E-state index contributed by atoms with van der Waals surface area (Å²) in [5.41, 5.74) is 0.144. The topological polar surface area (TPSA) is 114 Å². The fourth-order valence-electron chi connectivity index (χ4n) is 2.42. The zero-order chi connectivity index (χ0) is 15.6. The average Bonchev–Trinajstić information content (AvgIpc) is 2.46. The summed E-state index contributed by atoms with van der Waals surface area (Å²) in [5.74, 6) is -1.57. The first kappa shape index (κ1) is 14.9. The smallest absolute Gasteiger partial charge is 0.326 e. The highest BCUT2D eigenvalue weighted by molar-refractivity contribution is 5.98. The zero-order valence-electron chi connectivity index (χ0n) is 11.5.